The van der Waals surface area contributed by atoms with Crippen molar-refractivity contribution in [3.8, 4) is 0 Å². The third-order valence-corrected chi connectivity index (χ3v) is 7.29. The van der Waals surface area contributed by atoms with Gasteiger partial charge in [-0.05, 0) is 61.4 Å². The highest BCUT2D eigenvalue weighted by molar-refractivity contribution is 7.16. The van der Waals surface area contributed by atoms with Gasteiger partial charge >= 0.3 is 0 Å². The zero-order chi connectivity index (χ0) is 20.1. The van der Waals surface area contributed by atoms with Gasteiger partial charge in [-0.3, -0.25) is 4.79 Å². The molecule has 0 radical (unpaired) electrons. The standard InChI is InChI=1S/C22H23ClN4OS/c1-12-25-20(16-6-8-29-21(16)26-12)18-10-17(18)15-4-3-13(9-19(15)23)22(28)27(2)14-5-7-24-11-14/h3-4,6,8-9,14,17-18,24H,5,7,10-11H2,1-2H3/t14-,17-,18+/m1/s1. The van der Waals surface area contributed by atoms with Gasteiger partial charge in [0.05, 0.1) is 5.69 Å². The number of nitrogens with one attached hydrogen (secondary N) is 1. The minimum atomic E-state index is 0.0332. The number of amides is 1. The zero-order valence-corrected chi connectivity index (χ0v) is 18.1. The fourth-order valence-electron chi connectivity index (χ4n) is 4.41. The van der Waals surface area contributed by atoms with Gasteiger partial charge in [0.1, 0.15) is 10.7 Å². The number of carbonyl (C=O) groups is 1. The van der Waals surface area contributed by atoms with E-state index >= 15 is 0 Å². The van der Waals surface area contributed by atoms with Crippen molar-refractivity contribution in [1.29, 1.82) is 0 Å². The fraction of sp³-hybridized carbons (Fsp3) is 0.409. The monoisotopic (exact) mass is 426 g/mol. The predicted octanol–water partition coefficient (Wildman–Crippen LogP) is 4.36. The highest BCUT2D eigenvalue weighted by Crippen LogP contribution is 2.57. The van der Waals surface area contributed by atoms with Gasteiger partial charge in [0.25, 0.3) is 5.91 Å². The van der Waals surface area contributed by atoms with E-state index in [-0.39, 0.29) is 11.9 Å². The van der Waals surface area contributed by atoms with Gasteiger partial charge in [-0.25, -0.2) is 9.97 Å². The van der Waals surface area contributed by atoms with Crippen LogP contribution in [0.2, 0.25) is 5.02 Å². The van der Waals surface area contributed by atoms with Gasteiger partial charge < -0.3 is 10.2 Å². The lowest BCUT2D eigenvalue weighted by atomic mass is 10.0. The number of likely N-dealkylation sites (N-methyl/N-ethyl adjacent to an activating group) is 1. The van der Waals surface area contributed by atoms with Crippen LogP contribution in [0.25, 0.3) is 10.2 Å². The fourth-order valence-corrected chi connectivity index (χ4v) is 5.55. The second kappa shape index (κ2) is 7.35. The Bertz CT molecular complexity index is 1090. The minimum Gasteiger partial charge on any atom is -0.337 e. The summed E-state index contributed by atoms with van der Waals surface area (Å²) >= 11 is 8.30. The van der Waals surface area contributed by atoms with Gasteiger partial charge in [0, 0.05) is 41.5 Å². The van der Waals surface area contributed by atoms with E-state index in [9.17, 15) is 4.79 Å². The number of fused-ring (bicyclic) bond motifs is 1. The van der Waals surface area contributed by atoms with Gasteiger partial charge in [-0.1, -0.05) is 17.7 Å². The number of thiophene rings is 1. The van der Waals surface area contributed by atoms with Gasteiger partial charge in [0.2, 0.25) is 0 Å². The summed E-state index contributed by atoms with van der Waals surface area (Å²) in [5.74, 6) is 1.56. The number of halogens is 1. The van der Waals surface area contributed by atoms with Crippen LogP contribution in [-0.2, 0) is 0 Å². The molecule has 1 aliphatic heterocycles. The first-order valence-electron chi connectivity index (χ1n) is 10.0. The topological polar surface area (TPSA) is 58.1 Å². The van der Waals surface area contributed by atoms with E-state index in [0.29, 0.717) is 22.4 Å². The van der Waals surface area contributed by atoms with Crippen LogP contribution in [0.1, 0.15) is 52.1 Å². The van der Waals surface area contributed by atoms with Crippen molar-refractivity contribution in [2.24, 2.45) is 0 Å². The van der Waals surface area contributed by atoms with Crippen molar-refractivity contribution in [1.82, 2.24) is 20.2 Å². The number of aryl methyl sites for hydroxylation is 1. The minimum absolute atomic E-state index is 0.0332. The normalized spacial score (nSPS) is 23.5. The molecule has 2 aliphatic rings. The second-order valence-electron chi connectivity index (χ2n) is 8.04. The third-order valence-electron chi connectivity index (χ3n) is 6.16. The number of hydrogen-bond acceptors (Lipinski definition) is 5. The molecule has 0 spiro atoms. The third kappa shape index (κ3) is 3.43. The first-order chi connectivity index (χ1) is 14.0. The molecule has 2 fully saturated rings. The molecule has 1 saturated heterocycles. The molecular weight excluding hydrogens is 404 g/mol. The van der Waals surface area contributed by atoms with Crippen molar-refractivity contribution < 1.29 is 4.79 Å². The van der Waals surface area contributed by atoms with E-state index in [1.807, 2.05) is 37.1 Å². The predicted molar refractivity (Wildman–Crippen MR) is 117 cm³/mol. The maximum atomic E-state index is 12.8. The number of rotatable bonds is 4. The van der Waals surface area contributed by atoms with E-state index in [4.69, 9.17) is 16.6 Å². The molecular formula is C22H23ClN4OS. The molecule has 1 aliphatic carbocycles. The van der Waals surface area contributed by atoms with E-state index in [1.165, 1.54) is 0 Å². The van der Waals surface area contributed by atoms with Crippen LogP contribution in [0.4, 0.5) is 0 Å². The summed E-state index contributed by atoms with van der Waals surface area (Å²) < 4.78 is 0. The Morgan fingerprint density at radius 2 is 2.14 bits per heavy atom. The van der Waals surface area contributed by atoms with Crippen molar-refractivity contribution in [3.63, 3.8) is 0 Å². The molecule has 5 nitrogen and oxygen atoms in total. The molecule has 5 rings (SSSR count). The zero-order valence-electron chi connectivity index (χ0n) is 16.5. The van der Waals surface area contributed by atoms with Crippen LogP contribution in [0.3, 0.4) is 0 Å². The van der Waals surface area contributed by atoms with E-state index in [1.54, 1.807) is 11.3 Å². The smallest absolute Gasteiger partial charge is 0.253 e. The van der Waals surface area contributed by atoms with Gasteiger partial charge in [-0.2, -0.15) is 0 Å². The summed E-state index contributed by atoms with van der Waals surface area (Å²) in [6.45, 7) is 3.77. The largest absolute Gasteiger partial charge is 0.337 e. The van der Waals surface area contributed by atoms with Crippen molar-refractivity contribution in [2.75, 3.05) is 20.1 Å². The molecule has 1 N–H and O–H groups in total. The maximum absolute atomic E-state index is 12.8. The van der Waals surface area contributed by atoms with Crippen LogP contribution >= 0.6 is 22.9 Å². The number of carbonyl (C=O) groups excluding carboxylic acids is 1. The van der Waals surface area contributed by atoms with Crippen molar-refractivity contribution >= 4 is 39.1 Å². The molecule has 3 heterocycles. The van der Waals surface area contributed by atoms with Crippen molar-refractivity contribution in [2.45, 2.75) is 37.6 Å². The van der Waals surface area contributed by atoms with E-state index < -0.39 is 0 Å². The van der Waals surface area contributed by atoms with Gasteiger partial charge in [-0.15, -0.1) is 11.3 Å². The SMILES string of the molecule is Cc1nc([C@H]2C[C@@H]2c2ccc(C(=O)N(C)[C@@H]3CCNC3)cc2Cl)c2ccsc2n1. The van der Waals surface area contributed by atoms with Crippen molar-refractivity contribution in [3.05, 3.63) is 57.3 Å². The van der Waals surface area contributed by atoms with Crippen LogP contribution in [0.5, 0.6) is 0 Å². The van der Waals surface area contributed by atoms with Crippen LogP contribution in [-0.4, -0.2) is 47.0 Å². The first-order valence-corrected chi connectivity index (χ1v) is 11.3. The Kier molecular flexibility index (Phi) is 4.81. The summed E-state index contributed by atoms with van der Waals surface area (Å²) in [6.07, 6.45) is 2.02. The Morgan fingerprint density at radius 3 is 2.90 bits per heavy atom. The van der Waals surface area contributed by atoms with E-state index in [2.05, 4.69) is 21.7 Å². The number of aromatic nitrogens is 2. The average Bonchev–Trinajstić information content (AvgIpc) is 3.08. The molecule has 0 unspecified atom stereocenters. The summed E-state index contributed by atoms with van der Waals surface area (Å²) in [5, 5.41) is 7.21. The molecule has 7 heteroatoms. The van der Waals surface area contributed by atoms with Crippen LogP contribution in [0.15, 0.2) is 29.6 Å². The molecule has 3 atom stereocenters. The molecule has 1 aromatic carbocycles. The quantitative estimate of drug-likeness (QED) is 0.673. The lowest BCUT2D eigenvalue weighted by Gasteiger charge is -2.24. The Balaban J connectivity index is 1.37. The maximum Gasteiger partial charge on any atom is 0.253 e. The molecule has 1 saturated carbocycles. The number of benzene rings is 1. The Labute approximate surface area is 179 Å². The number of hydrogen-bond donors (Lipinski definition) is 1. The van der Waals surface area contributed by atoms with Crippen LogP contribution in [0, 0.1) is 6.92 Å². The lowest BCUT2D eigenvalue weighted by Crippen LogP contribution is -2.38. The molecule has 150 valence electrons. The lowest BCUT2D eigenvalue weighted by molar-refractivity contribution is 0.0744. The Hall–Kier alpha value is -2.02. The Morgan fingerprint density at radius 1 is 1.28 bits per heavy atom. The number of nitrogens with zero attached hydrogens (tertiary/aromatic N) is 3. The summed E-state index contributed by atoms with van der Waals surface area (Å²) in [4.78, 5) is 25.0. The van der Waals surface area contributed by atoms with Crippen LogP contribution < -0.4 is 5.32 Å². The molecule has 3 aromatic rings. The van der Waals surface area contributed by atoms with Gasteiger partial charge in [0.15, 0.2) is 0 Å². The van der Waals surface area contributed by atoms with E-state index in [0.717, 1.165) is 53.2 Å². The average molecular weight is 427 g/mol. The molecule has 2 aromatic heterocycles. The highest BCUT2D eigenvalue weighted by atomic mass is 35.5. The molecule has 29 heavy (non-hydrogen) atoms. The summed E-state index contributed by atoms with van der Waals surface area (Å²) in [5.41, 5.74) is 2.89. The summed E-state index contributed by atoms with van der Waals surface area (Å²) in [6, 6.07) is 8.14. The summed E-state index contributed by atoms with van der Waals surface area (Å²) in [7, 11) is 1.88. The second-order valence-corrected chi connectivity index (χ2v) is 9.34. The molecule has 0 bridgehead atoms. The molecule has 1 amide bonds. The first kappa shape index (κ1) is 19.0. The highest BCUT2D eigenvalue weighted by Gasteiger charge is 2.43.